The van der Waals surface area contributed by atoms with Crippen molar-refractivity contribution in [2.24, 2.45) is 0 Å². The molecule has 0 amide bonds. The number of sulfonamides is 1. The number of fused-ring (bicyclic) bond motifs is 1. The molecule has 4 aromatic rings. The number of halogens is 5. The maximum absolute atomic E-state index is 13.9. The fraction of sp³-hybridized carbons (Fsp3) is 0.419. The highest BCUT2D eigenvalue weighted by molar-refractivity contribution is 7.92. The van der Waals surface area contributed by atoms with E-state index >= 15 is 0 Å². The molecule has 15 heteroatoms. The van der Waals surface area contributed by atoms with Crippen molar-refractivity contribution < 1.29 is 31.4 Å². The van der Waals surface area contributed by atoms with E-state index in [-0.39, 0.29) is 22.0 Å². The van der Waals surface area contributed by atoms with Gasteiger partial charge in [-0.1, -0.05) is 64.7 Å². The van der Waals surface area contributed by atoms with Gasteiger partial charge in [0.1, 0.15) is 18.5 Å². The standard InChI is InChI=1S/C31H37Cl2F3N4O4SSi/c1-18(2)46(19(3)4,20(5)6)40-14-12-22-27(25(33)16-38-30(22)40)29(41)28-26(9-8-13-37-28)39(17-44-7)45(42,43)21-10-11-24(32)23(15-21)31(34,35)36/h8-16,18-20,29,41H,17H2,1-7H3. The van der Waals surface area contributed by atoms with E-state index in [4.69, 9.17) is 32.9 Å². The molecule has 8 nitrogen and oxygen atoms in total. The van der Waals surface area contributed by atoms with Gasteiger partial charge < -0.3 is 14.1 Å². The van der Waals surface area contributed by atoms with E-state index in [0.29, 0.717) is 33.7 Å². The van der Waals surface area contributed by atoms with E-state index < -0.39 is 52.8 Å². The summed E-state index contributed by atoms with van der Waals surface area (Å²) in [5.74, 6) is 0. The summed E-state index contributed by atoms with van der Waals surface area (Å²) < 4.78 is 76.9. The second-order valence-corrected chi connectivity index (χ2v) is 20.4. The van der Waals surface area contributed by atoms with Gasteiger partial charge in [0.15, 0.2) is 8.24 Å². The number of anilines is 1. The smallest absolute Gasteiger partial charge is 0.382 e. The number of alkyl halides is 3. The number of pyridine rings is 2. The van der Waals surface area contributed by atoms with Crippen molar-refractivity contribution in [3.8, 4) is 0 Å². The third-order valence-electron chi connectivity index (χ3n) is 8.59. The van der Waals surface area contributed by atoms with Crippen LogP contribution >= 0.6 is 23.2 Å². The summed E-state index contributed by atoms with van der Waals surface area (Å²) in [6.45, 7) is 12.7. The summed E-state index contributed by atoms with van der Waals surface area (Å²) in [6, 6.07) is 6.99. The zero-order valence-electron chi connectivity index (χ0n) is 26.5. The van der Waals surface area contributed by atoms with E-state index in [9.17, 15) is 26.7 Å². The second kappa shape index (κ2) is 13.4. The number of hydrogen-bond donors (Lipinski definition) is 1. The molecule has 0 aliphatic carbocycles. The number of methoxy groups -OCH3 is 1. The minimum absolute atomic E-state index is 0.102. The van der Waals surface area contributed by atoms with Crippen molar-refractivity contribution in [3.05, 3.63) is 81.9 Å². The van der Waals surface area contributed by atoms with Crippen molar-refractivity contribution in [3.63, 3.8) is 0 Å². The molecule has 3 aromatic heterocycles. The Hall–Kier alpha value is -2.68. The molecule has 1 atom stereocenters. The van der Waals surface area contributed by atoms with Crippen molar-refractivity contribution >= 4 is 58.2 Å². The van der Waals surface area contributed by atoms with Crippen LogP contribution in [-0.2, 0) is 20.9 Å². The van der Waals surface area contributed by atoms with Crippen molar-refractivity contribution in [1.29, 1.82) is 0 Å². The normalized spacial score (nSPS) is 13.7. The highest BCUT2D eigenvalue weighted by atomic mass is 35.5. The predicted molar refractivity (Wildman–Crippen MR) is 177 cm³/mol. The number of aliphatic hydroxyl groups is 1. The van der Waals surface area contributed by atoms with Gasteiger partial charge in [0.25, 0.3) is 10.0 Å². The van der Waals surface area contributed by atoms with Crippen LogP contribution < -0.4 is 4.31 Å². The van der Waals surface area contributed by atoms with Crippen LogP contribution in [0.3, 0.4) is 0 Å². The molecule has 0 aliphatic heterocycles. The van der Waals surface area contributed by atoms with Gasteiger partial charge in [-0.3, -0.25) is 4.98 Å². The summed E-state index contributed by atoms with van der Waals surface area (Å²) in [7, 11) is -5.74. The molecule has 0 spiro atoms. The number of aromatic nitrogens is 3. The quantitative estimate of drug-likeness (QED) is 0.123. The Morgan fingerprint density at radius 3 is 2.20 bits per heavy atom. The van der Waals surface area contributed by atoms with Gasteiger partial charge in [0.2, 0.25) is 0 Å². The first-order chi connectivity index (χ1) is 21.4. The van der Waals surface area contributed by atoms with E-state index in [1.165, 1.54) is 31.6 Å². The molecular formula is C31H37Cl2F3N4O4SSi. The van der Waals surface area contributed by atoms with E-state index in [0.717, 1.165) is 16.4 Å². The third-order valence-corrected chi connectivity index (χ3v) is 17.7. The Morgan fingerprint density at radius 1 is 1.00 bits per heavy atom. The number of hydrogen-bond acceptors (Lipinski definition) is 6. The molecule has 1 unspecified atom stereocenters. The lowest BCUT2D eigenvalue weighted by Crippen LogP contribution is -2.51. The van der Waals surface area contributed by atoms with Crippen LogP contribution in [0.15, 0.2) is 59.9 Å². The average Bonchev–Trinajstić information content (AvgIpc) is 3.38. The van der Waals surface area contributed by atoms with Crippen LogP contribution in [0.4, 0.5) is 18.9 Å². The number of ether oxygens (including phenoxy) is 1. The third kappa shape index (κ3) is 6.17. The zero-order valence-corrected chi connectivity index (χ0v) is 29.8. The van der Waals surface area contributed by atoms with Gasteiger partial charge in [-0.2, -0.15) is 13.2 Å². The number of aliphatic hydroxyl groups excluding tert-OH is 1. The first-order valence-electron chi connectivity index (χ1n) is 14.6. The Morgan fingerprint density at radius 2 is 1.63 bits per heavy atom. The Bertz CT molecular complexity index is 1810. The fourth-order valence-corrected chi connectivity index (χ4v) is 15.3. The molecule has 250 valence electrons. The molecule has 0 saturated carbocycles. The Kier molecular flexibility index (Phi) is 10.6. The Balaban J connectivity index is 1.92. The minimum Gasteiger partial charge on any atom is -0.382 e. The number of rotatable bonds is 11. The van der Waals surface area contributed by atoms with Gasteiger partial charge in [-0.15, -0.1) is 0 Å². The topological polar surface area (TPSA) is 97.6 Å². The highest BCUT2D eigenvalue weighted by Gasteiger charge is 2.46. The van der Waals surface area contributed by atoms with Crippen LogP contribution in [0.2, 0.25) is 26.7 Å². The monoisotopic (exact) mass is 716 g/mol. The van der Waals surface area contributed by atoms with Crippen LogP contribution in [0, 0.1) is 0 Å². The van der Waals surface area contributed by atoms with Gasteiger partial charge in [-0.05, 0) is 59.2 Å². The molecule has 0 fully saturated rings. The highest BCUT2D eigenvalue weighted by Crippen LogP contribution is 2.46. The van der Waals surface area contributed by atoms with Crippen LogP contribution in [0.5, 0.6) is 0 Å². The SMILES string of the molecule is COCN(c1cccnc1C(O)c1c(Cl)cnc2c1ccn2[Si](C(C)C)(C(C)C)C(C)C)S(=O)(=O)c1ccc(Cl)c(C(F)(F)F)c1. The summed E-state index contributed by atoms with van der Waals surface area (Å²) >= 11 is 12.4. The molecular weight excluding hydrogens is 680 g/mol. The predicted octanol–water partition coefficient (Wildman–Crippen LogP) is 8.66. The van der Waals surface area contributed by atoms with Crippen LogP contribution in [0.1, 0.15) is 64.5 Å². The first kappa shape index (κ1) is 36.2. The lowest BCUT2D eigenvalue weighted by atomic mass is 10.0. The van der Waals surface area contributed by atoms with Crippen LogP contribution in [0.25, 0.3) is 11.0 Å². The summed E-state index contributed by atoms with van der Waals surface area (Å²) in [5.41, 5.74) is 0.413. The molecule has 4 rings (SSSR count). The lowest BCUT2D eigenvalue weighted by Gasteiger charge is -2.44. The summed E-state index contributed by atoms with van der Waals surface area (Å²) in [4.78, 5) is 8.35. The van der Waals surface area contributed by atoms with Crippen molar-refractivity contribution in [2.45, 2.75) is 75.3 Å². The molecule has 46 heavy (non-hydrogen) atoms. The second-order valence-electron chi connectivity index (χ2n) is 12.0. The molecule has 1 N–H and O–H groups in total. The Labute approximate surface area is 278 Å². The van der Waals surface area contributed by atoms with Gasteiger partial charge in [0.05, 0.1) is 31.9 Å². The number of nitrogens with zero attached hydrogens (tertiary/aromatic N) is 4. The largest absolute Gasteiger partial charge is 0.417 e. The van der Waals surface area contributed by atoms with Gasteiger partial charge in [-0.25, -0.2) is 17.7 Å². The summed E-state index contributed by atoms with van der Waals surface area (Å²) in [6.07, 6.45) is -1.64. The lowest BCUT2D eigenvalue weighted by molar-refractivity contribution is -0.137. The molecule has 0 bridgehead atoms. The molecule has 1 aromatic carbocycles. The molecule has 0 saturated heterocycles. The van der Waals surface area contributed by atoms with Gasteiger partial charge in [0, 0.05) is 30.5 Å². The number of benzene rings is 1. The molecule has 0 aliphatic rings. The minimum atomic E-state index is -4.90. The first-order valence-corrected chi connectivity index (χ1v) is 19.0. The van der Waals surface area contributed by atoms with Crippen molar-refractivity contribution in [2.75, 3.05) is 18.1 Å². The zero-order chi connectivity index (χ0) is 34.4. The van der Waals surface area contributed by atoms with Gasteiger partial charge >= 0.3 is 6.18 Å². The maximum Gasteiger partial charge on any atom is 0.417 e. The van der Waals surface area contributed by atoms with E-state index in [2.05, 4.69) is 50.8 Å². The fourth-order valence-electron chi connectivity index (χ4n) is 6.87. The molecule has 0 radical (unpaired) electrons. The van der Waals surface area contributed by atoms with E-state index in [1.807, 2.05) is 12.3 Å². The van der Waals surface area contributed by atoms with Crippen LogP contribution in [-0.4, -0.2) is 49.8 Å². The maximum atomic E-state index is 13.9. The van der Waals surface area contributed by atoms with E-state index in [1.54, 1.807) is 0 Å². The average molecular weight is 718 g/mol. The summed E-state index contributed by atoms with van der Waals surface area (Å²) in [5, 5.41) is 12.0. The van der Waals surface area contributed by atoms with Crippen molar-refractivity contribution in [1.82, 2.24) is 14.2 Å². The molecule has 3 heterocycles.